The van der Waals surface area contributed by atoms with E-state index in [4.69, 9.17) is 20.8 Å². The maximum atomic E-state index is 13.2. The molecule has 3 rings (SSSR count). The number of nitrogens with one attached hydrogen (secondary N) is 1. The zero-order valence-corrected chi connectivity index (χ0v) is 26.4. The number of Topliss-reactive ketones (excluding diaryl/α,β-unsaturated/α-hetero) is 1. The van der Waals surface area contributed by atoms with Gasteiger partial charge in [-0.15, -0.1) is 0 Å². The number of amides is 1. The highest BCUT2D eigenvalue weighted by Gasteiger charge is 2.50. The molecule has 214 valence electrons. The van der Waals surface area contributed by atoms with Crippen LogP contribution in [0.3, 0.4) is 0 Å². The van der Waals surface area contributed by atoms with Gasteiger partial charge in [-0.25, -0.2) is 4.79 Å². The van der Waals surface area contributed by atoms with Crippen molar-refractivity contribution in [1.29, 1.82) is 0 Å². The Morgan fingerprint density at radius 3 is 1.80 bits per heavy atom. The Hall–Kier alpha value is -2.93. The normalized spacial score (nSPS) is 13.8. The largest absolute Gasteiger partial charge is 0.444 e. The van der Waals surface area contributed by atoms with Crippen LogP contribution in [-0.2, 0) is 9.16 Å². The van der Waals surface area contributed by atoms with Crippen molar-refractivity contribution in [3.05, 3.63) is 95.5 Å². The lowest BCUT2D eigenvalue weighted by atomic mass is 9.93. The van der Waals surface area contributed by atoms with Crippen LogP contribution >= 0.6 is 11.6 Å². The van der Waals surface area contributed by atoms with Crippen LogP contribution in [0.5, 0.6) is 0 Å². The highest BCUT2D eigenvalue weighted by Crippen LogP contribution is 2.37. The minimum atomic E-state index is -2.87. The van der Waals surface area contributed by atoms with Gasteiger partial charge < -0.3 is 14.5 Å². The van der Waals surface area contributed by atoms with E-state index in [1.807, 2.05) is 64.1 Å². The number of carbonyl (C=O) groups excluding carboxylic acids is 2. The molecule has 1 N–H and O–H groups in total. The third-order valence-electron chi connectivity index (χ3n) is 6.97. The van der Waals surface area contributed by atoms with Crippen molar-refractivity contribution in [2.24, 2.45) is 5.92 Å². The van der Waals surface area contributed by atoms with Crippen LogP contribution in [0.25, 0.3) is 0 Å². The van der Waals surface area contributed by atoms with E-state index in [0.29, 0.717) is 10.6 Å². The van der Waals surface area contributed by atoms with Crippen LogP contribution in [0.1, 0.15) is 65.2 Å². The van der Waals surface area contributed by atoms with E-state index in [-0.39, 0.29) is 29.8 Å². The monoisotopic (exact) mass is 579 g/mol. The molecular weight excluding hydrogens is 538 g/mol. The van der Waals surface area contributed by atoms with Crippen molar-refractivity contribution in [3.63, 3.8) is 0 Å². The van der Waals surface area contributed by atoms with Gasteiger partial charge in [-0.3, -0.25) is 4.79 Å². The molecule has 0 unspecified atom stereocenters. The van der Waals surface area contributed by atoms with Crippen molar-refractivity contribution in [2.45, 2.75) is 71.6 Å². The van der Waals surface area contributed by atoms with Crippen LogP contribution in [0, 0.1) is 5.92 Å². The van der Waals surface area contributed by atoms with E-state index < -0.39 is 26.1 Å². The van der Waals surface area contributed by atoms with Crippen molar-refractivity contribution in [3.8, 4) is 0 Å². The van der Waals surface area contributed by atoms with Gasteiger partial charge in [0.2, 0.25) is 0 Å². The molecule has 0 bridgehead atoms. The van der Waals surface area contributed by atoms with Crippen molar-refractivity contribution in [1.82, 2.24) is 5.32 Å². The van der Waals surface area contributed by atoms with Gasteiger partial charge in [0, 0.05) is 12.0 Å². The second-order valence-electron chi connectivity index (χ2n) is 12.3. The molecule has 0 saturated heterocycles. The Balaban J connectivity index is 1.99. The SMILES string of the molecule is C[C@@H](CC(=O)c1ccccc1Cl)[C@@H](CO[Si](c1ccccc1)(c1ccccc1)C(C)(C)C)NC(=O)OC(C)(C)C. The lowest BCUT2D eigenvalue weighted by molar-refractivity contribution is 0.0457. The van der Waals surface area contributed by atoms with Crippen LogP contribution < -0.4 is 15.7 Å². The fraction of sp³-hybridized carbons (Fsp3) is 0.394. The highest BCUT2D eigenvalue weighted by molar-refractivity contribution is 6.99. The quantitative estimate of drug-likeness (QED) is 0.207. The van der Waals surface area contributed by atoms with Gasteiger partial charge in [-0.05, 0) is 54.2 Å². The van der Waals surface area contributed by atoms with Gasteiger partial charge in [0.1, 0.15) is 5.60 Å². The van der Waals surface area contributed by atoms with Gasteiger partial charge in [0.25, 0.3) is 8.32 Å². The third kappa shape index (κ3) is 7.84. The fourth-order valence-electron chi connectivity index (χ4n) is 5.02. The van der Waals surface area contributed by atoms with E-state index >= 15 is 0 Å². The van der Waals surface area contributed by atoms with Gasteiger partial charge in [-0.2, -0.15) is 0 Å². The van der Waals surface area contributed by atoms with Crippen molar-refractivity contribution < 1.29 is 18.8 Å². The fourth-order valence-corrected chi connectivity index (χ4v) is 9.84. The molecule has 3 aromatic carbocycles. The van der Waals surface area contributed by atoms with Crippen LogP contribution in [0.4, 0.5) is 4.79 Å². The van der Waals surface area contributed by atoms with Crippen LogP contribution in [-0.4, -0.2) is 38.4 Å². The zero-order chi connectivity index (χ0) is 29.6. The van der Waals surface area contributed by atoms with E-state index in [9.17, 15) is 9.59 Å². The minimum absolute atomic E-state index is 0.0838. The first-order valence-electron chi connectivity index (χ1n) is 13.8. The Bertz CT molecular complexity index is 1230. The maximum absolute atomic E-state index is 13.2. The molecule has 0 aliphatic carbocycles. The van der Waals surface area contributed by atoms with E-state index in [1.165, 1.54) is 0 Å². The maximum Gasteiger partial charge on any atom is 0.407 e. The standard InChI is InChI=1S/C33H42ClNO4Si/c1-24(22-30(36)27-20-14-15-21-28(27)34)29(35-31(37)39-32(2,3)4)23-38-40(33(5,6)7,25-16-10-8-11-17-25)26-18-12-9-13-19-26/h8-21,24,29H,22-23H2,1-7H3,(H,35,37)/t24-,29+/m0/s1. The zero-order valence-electron chi connectivity index (χ0n) is 24.7. The molecule has 0 spiro atoms. The first-order valence-corrected chi connectivity index (χ1v) is 16.1. The van der Waals surface area contributed by atoms with E-state index in [2.05, 4.69) is 50.4 Å². The average molecular weight is 580 g/mol. The molecule has 2 atom stereocenters. The summed E-state index contributed by atoms with van der Waals surface area (Å²) in [5.41, 5.74) is -0.190. The number of ether oxygens (including phenoxy) is 1. The molecule has 0 fully saturated rings. The summed E-state index contributed by atoms with van der Waals surface area (Å²) in [6.07, 6.45) is -0.352. The van der Waals surface area contributed by atoms with Crippen LogP contribution in [0.15, 0.2) is 84.9 Å². The van der Waals surface area contributed by atoms with Gasteiger partial charge in [-0.1, -0.05) is 112 Å². The molecule has 0 radical (unpaired) electrons. The molecule has 7 heteroatoms. The predicted octanol–water partition coefficient (Wildman–Crippen LogP) is 7.02. The number of ketones is 1. The highest BCUT2D eigenvalue weighted by atomic mass is 35.5. The summed E-state index contributed by atoms with van der Waals surface area (Å²) >= 11 is 6.32. The molecule has 40 heavy (non-hydrogen) atoms. The summed E-state index contributed by atoms with van der Waals surface area (Å²) in [6.45, 7) is 14.3. The predicted molar refractivity (Wildman–Crippen MR) is 166 cm³/mol. The summed E-state index contributed by atoms with van der Waals surface area (Å²) in [6, 6.07) is 27.2. The van der Waals surface area contributed by atoms with Crippen molar-refractivity contribution in [2.75, 3.05) is 6.61 Å². The molecule has 5 nitrogen and oxygen atoms in total. The lowest BCUT2D eigenvalue weighted by Gasteiger charge is -2.44. The van der Waals surface area contributed by atoms with Gasteiger partial charge in [0.15, 0.2) is 5.78 Å². The summed E-state index contributed by atoms with van der Waals surface area (Å²) in [5.74, 6) is -0.339. The number of hydrogen-bond donors (Lipinski definition) is 1. The number of halogens is 1. The molecule has 3 aromatic rings. The number of hydrogen-bond acceptors (Lipinski definition) is 4. The van der Waals surface area contributed by atoms with E-state index in [1.54, 1.807) is 24.3 Å². The smallest absolute Gasteiger partial charge is 0.407 e. The second-order valence-corrected chi connectivity index (χ2v) is 17.0. The topological polar surface area (TPSA) is 64.6 Å². The first kappa shape index (κ1) is 31.6. The van der Waals surface area contributed by atoms with Gasteiger partial charge in [0.05, 0.1) is 17.7 Å². The van der Waals surface area contributed by atoms with Crippen LogP contribution in [0.2, 0.25) is 10.1 Å². The summed E-state index contributed by atoms with van der Waals surface area (Å²) in [5, 5.41) is 5.49. The Morgan fingerprint density at radius 2 is 1.32 bits per heavy atom. The molecule has 0 heterocycles. The number of rotatable bonds is 10. The minimum Gasteiger partial charge on any atom is -0.444 e. The molecule has 0 aromatic heterocycles. The first-order chi connectivity index (χ1) is 18.7. The summed E-state index contributed by atoms with van der Waals surface area (Å²) in [7, 11) is -2.87. The Labute approximate surface area is 245 Å². The molecule has 0 aliphatic rings. The van der Waals surface area contributed by atoms with E-state index in [0.717, 1.165) is 10.4 Å². The lowest BCUT2D eigenvalue weighted by Crippen LogP contribution is -2.67. The molecule has 0 aliphatic heterocycles. The molecule has 1 amide bonds. The molecular formula is C33H42ClNO4Si. The number of alkyl carbamates (subject to hydrolysis) is 1. The Morgan fingerprint density at radius 1 is 0.825 bits per heavy atom. The number of benzene rings is 3. The summed E-state index contributed by atoms with van der Waals surface area (Å²) in [4.78, 5) is 26.2. The second kappa shape index (κ2) is 13.2. The van der Waals surface area contributed by atoms with Gasteiger partial charge >= 0.3 is 6.09 Å². The third-order valence-corrected chi connectivity index (χ3v) is 12.3. The summed E-state index contributed by atoms with van der Waals surface area (Å²) < 4.78 is 12.7. The average Bonchev–Trinajstić information content (AvgIpc) is 2.88. The van der Waals surface area contributed by atoms with Crippen molar-refractivity contribution >= 4 is 42.2 Å². The Kier molecular flexibility index (Phi) is 10.4. The molecule has 0 saturated carbocycles. The number of carbonyl (C=O) groups is 2.